The van der Waals surface area contributed by atoms with Gasteiger partial charge in [-0.15, -0.1) is 10.2 Å². The number of nitrogens with zero attached hydrogens (tertiary/aromatic N) is 4. The van der Waals surface area contributed by atoms with Crippen LogP contribution in [0.2, 0.25) is 0 Å². The van der Waals surface area contributed by atoms with Crippen LogP contribution in [0.4, 0.5) is 0 Å². The minimum Gasteiger partial charge on any atom is -0.264 e. The molecule has 58 valence electrons. The Labute approximate surface area is 69.3 Å². The Kier molecular flexibility index (Phi) is 1.74. The van der Waals surface area contributed by atoms with Crippen LogP contribution in [0.15, 0.2) is 36.8 Å². The molecule has 0 fully saturated rings. The predicted molar refractivity (Wildman–Crippen MR) is 43.1 cm³/mol. The fourth-order valence-corrected chi connectivity index (χ4v) is 0.909. The van der Waals surface area contributed by atoms with E-state index in [2.05, 4.69) is 20.4 Å². The molecule has 0 N–H and O–H groups in total. The normalized spacial score (nSPS) is 9.67. The van der Waals surface area contributed by atoms with Crippen molar-refractivity contribution in [2.45, 2.75) is 0 Å². The second-order valence-corrected chi connectivity index (χ2v) is 2.25. The van der Waals surface area contributed by atoms with Gasteiger partial charge in [0.25, 0.3) is 0 Å². The van der Waals surface area contributed by atoms with Crippen molar-refractivity contribution in [3.63, 3.8) is 0 Å². The lowest BCUT2D eigenvalue weighted by Crippen LogP contribution is -1.88. The van der Waals surface area contributed by atoms with E-state index in [1.165, 1.54) is 0 Å². The third kappa shape index (κ3) is 1.27. The van der Waals surface area contributed by atoms with Crippen LogP contribution < -0.4 is 0 Å². The van der Waals surface area contributed by atoms with E-state index in [-0.39, 0.29) is 0 Å². The predicted octanol–water partition coefficient (Wildman–Crippen LogP) is 0.934. The van der Waals surface area contributed by atoms with Crippen LogP contribution in [0.3, 0.4) is 0 Å². The molecule has 0 aromatic carbocycles. The van der Waals surface area contributed by atoms with E-state index in [1.807, 2.05) is 12.1 Å². The molecular formula is C8H6N4. The zero-order valence-corrected chi connectivity index (χ0v) is 6.25. The summed E-state index contributed by atoms with van der Waals surface area (Å²) in [4.78, 5) is 3.97. The Balaban J connectivity index is 2.46. The fourth-order valence-electron chi connectivity index (χ4n) is 0.909. The van der Waals surface area contributed by atoms with Crippen molar-refractivity contribution in [1.82, 2.24) is 20.4 Å². The number of hydrogen-bond donors (Lipinski definition) is 0. The smallest absolute Gasteiger partial charge is 0.0978 e. The zero-order chi connectivity index (χ0) is 8.23. The van der Waals surface area contributed by atoms with E-state index < -0.39 is 0 Å². The van der Waals surface area contributed by atoms with Gasteiger partial charge in [0.2, 0.25) is 0 Å². The quantitative estimate of drug-likeness (QED) is 0.619. The average molecular weight is 158 g/mol. The van der Waals surface area contributed by atoms with Gasteiger partial charge in [-0.1, -0.05) is 0 Å². The SMILES string of the molecule is c1cncc(-c2ccnnn2)c1. The lowest BCUT2D eigenvalue weighted by molar-refractivity contribution is 0.870. The molecule has 0 unspecified atom stereocenters. The molecule has 2 heterocycles. The van der Waals surface area contributed by atoms with E-state index in [1.54, 1.807) is 24.7 Å². The summed E-state index contributed by atoms with van der Waals surface area (Å²) in [7, 11) is 0. The van der Waals surface area contributed by atoms with Gasteiger partial charge in [-0.05, 0) is 23.4 Å². The summed E-state index contributed by atoms with van der Waals surface area (Å²) in [5.41, 5.74) is 1.74. The Morgan fingerprint density at radius 2 is 2.08 bits per heavy atom. The number of hydrogen-bond acceptors (Lipinski definition) is 4. The molecule has 0 aliphatic carbocycles. The maximum absolute atomic E-state index is 3.97. The molecule has 0 spiro atoms. The van der Waals surface area contributed by atoms with E-state index in [9.17, 15) is 0 Å². The first-order valence-electron chi connectivity index (χ1n) is 3.51. The first kappa shape index (κ1) is 6.84. The third-order valence-electron chi connectivity index (χ3n) is 1.46. The molecule has 12 heavy (non-hydrogen) atoms. The highest BCUT2D eigenvalue weighted by Gasteiger charge is 1.96. The monoisotopic (exact) mass is 158 g/mol. The topological polar surface area (TPSA) is 51.6 Å². The lowest BCUT2D eigenvalue weighted by atomic mass is 10.2. The molecule has 0 bridgehead atoms. The Bertz CT molecular complexity index is 308. The van der Waals surface area contributed by atoms with Crippen molar-refractivity contribution in [2.24, 2.45) is 0 Å². The summed E-state index contributed by atoms with van der Waals surface area (Å²) in [6, 6.07) is 5.58. The van der Waals surface area contributed by atoms with E-state index in [4.69, 9.17) is 0 Å². The van der Waals surface area contributed by atoms with Gasteiger partial charge < -0.3 is 0 Å². The largest absolute Gasteiger partial charge is 0.264 e. The average Bonchev–Trinajstić information content (AvgIpc) is 2.21. The van der Waals surface area contributed by atoms with Gasteiger partial charge in [-0.3, -0.25) is 4.98 Å². The van der Waals surface area contributed by atoms with Crippen molar-refractivity contribution in [3.05, 3.63) is 36.8 Å². The zero-order valence-electron chi connectivity index (χ0n) is 6.25. The number of aromatic nitrogens is 4. The van der Waals surface area contributed by atoms with Gasteiger partial charge in [0.1, 0.15) is 0 Å². The highest BCUT2D eigenvalue weighted by atomic mass is 15.3. The summed E-state index contributed by atoms with van der Waals surface area (Å²) >= 11 is 0. The van der Waals surface area contributed by atoms with Crippen LogP contribution in [-0.4, -0.2) is 20.4 Å². The molecule has 0 aliphatic rings. The maximum atomic E-state index is 3.97. The minimum absolute atomic E-state index is 0.790. The lowest BCUT2D eigenvalue weighted by Gasteiger charge is -1.94. The van der Waals surface area contributed by atoms with Gasteiger partial charge in [0, 0.05) is 18.0 Å². The van der Waals surface area contributed by atoms with Crippen molar-refractivity contribution in [3.8, 4) is 11.3 Å². The van der Waals surface area contributed by atoms with E-state index in [0.717, 1.165) is 11.3 Å². The van der Waals surface area contributed by atoms with E-state index >= 15 is 0 Å². The fraction of sp³-hybridized carbons (Fsp3) is 0. The van der Waals surface area contributed by atoms with Gasteiger partial charge in [0.15, 0.2) is 0 Å². The Hall–Kier alpha value is -1.84. The van der Waals surface area contributed by atoms with Gasteiger partial charge in [-0.2, -0.15) is 0 Å². The van der Waals surface area contributed by atoms with Gasteiger partial charge in [0.05, 0.1) is 11.9 Å². The highest BCUT2D eigenvalue weighted by molar-refractivity contribution is 5.55. The molecule has 0 radical (unpaired) electrons. The number of pyridine rings is 1. The molecule has 2 rings (SSSR count). The molecule has 0 saturated heterocycles. The van der Waals surface area contributed by atoms with Crippen molar-refractivity contribution >= 4 is 0 Å². The molecule has 0 saturated carbocycles. The van der Waals surface area contributed by atoms with Crippen LogP contribution >= 0.6 is 0 Å². The van der Waals surface area contributed by atoms with Crippen LogP contribution in [0.25, 0.3) is 11.3 Å². The third-order valence-corrected chi connectivity index (χ3v) is 1.46. The molecule has 0 amide bonds. The maximum Gasteiger partial charge on any atom is 0.0978 e. The highest BCUT2D eigenvalue weighted by Crippen LogP contribution is 2.11. The Morgan fingerprint density at radius 1 is 1.08 bits per heavy atom. The van der Waals surface area contributed by atoms with Crippen LogP contribution in [0.1, 0.15) is 0 Å². The van der Waals surface area contributed by atoms with Gasteiger partial charge >= 0.3 is 0 Å². The van der Waals surface area contributed by atoms with Crippen molar-refractivity contribution in [2.75, 3.05) is 0 Å². The molecular weight excluding hydrogens is 152 g/mol. The van der Waals surface area contributed by atoms with Crippen LogP contribution in [0.5, 0.6) is 0 Å². The molecule has 0 atom stereocenters. The van der Waals surface area contributed by atoms with Crippen LogP contribution in [-0.2, 0) is 0 Å². The summed E-state index contributed by atoms with van der Waals surface area (Å²) in [5.74, 6) is 0. The summed E-state index contributed by atoms with van der Waals surface area (Å²) in [6.07, 6.45) is 5.07. The molecule has 2 aromatic rings. The second-order valence-electron chi connectivity index (χ2n) is 2.25. The van der Waals surface area contributed by atoms with Crippen molar-refractivity contribution < 1.29 is 0 Å². The first-order valence-corrected chi connectivity index (χ1v) is 3.51. The molecule has 0 aliphatic heterocycles. The number of rotatable bonds is 1. The molecule has 4 heteroatoms. The standard InChI is InChI=1S/C8H6N4/c1-2-7(6-9-4-1)8-3-5-10-12-11-8/h1-6H. The molecule has 4 nitrogen and oxygen atoms in total. The summed E-state index contributed by atoms with van der Waals surface area (Å²) in [5, 5.41) is 11.0. The second kappa shape index (κ2) is 3.04. The van der Waals surface area contributed by atoms with Gasteiger partial charge in [-0.25, -0.2) is 0 Å². The van der Waals surface area contributed by atoms with Crippen molar-refractivity contribution in [1.29, 1.82) is 0 Å². The minimum atomic E-state index is 0.790. The first-order chi connectivity index (χ1) is 5.97. The Morgan fingerprint density at radius 3 is 2.75 bits per heavy atom. The van der Waals surface area contributed by atoms with E-state index in [0.29, 0.717) is 0 Å². The molecule has 2 aromatic heterocycles. The summed E-state index contributed by atoms with van der Waals surface area (Å²) < 4.78 is 0. The summed E-state index contributed by atoms with van der Waals surface area (Å²) in [6.45, 7) is 0. The van der Waals surface area contributed by atoms with Crippen LogP contribution in [0, 0.1) is 0 Å².